The lowest BCUT2D eigenvalue weighted by molar-refractivity contribution is -0.0946. The normalized spacial score (nSPS) is 10.7. The highest BCUT2D eigenvalue weighted by molar-refractivity contribution is 7.09. The predicted octanol–water partition coefficient (Wildman–Crippen LogP) is 1.35. The topological polar surface area (TPSA) is 36.4 Å². The highest BCUT2D eigenvalue weighted by Crippen LogP contribution is 2.05. The highest BCUT2D eigenvalue weighted by atomic mass is 32.1. The maximum atomic E-state index is 9.03. The fourth-order valence-corrected chi connectivity index (χ4v) is 1.22. The predicted molar refractivity (Wildman–Crippen MR) is 40.0 cm³/mol. The average molecular weight is 158 g/mol. The van der Waals surface area contributed by atoms with E-state index < -0.39 is 0 Å². The lowest BCUT2D eigenvalue weighted by Gasteiger charge is -2.08. The minimum absolute atomic E-state index is 0.536. The van der Waals surface area contributed by atoms with E-state index in [0.29, 0.717) is 13.1 Å². The van der Waals surface area contributed by atoms with Crippen molar-refractivity contribution in [2.75, 3.05) is 6.54 Å². The fourth-order valence-electron chi connectivity index (χ4n) is 0.599. The van der Waals surface area contributed by atoms with Gasteiger partial charge in [-0.25, -0.2) is 4.98 Å². The van der Waals surface area contributed by atoms with Gasteiger partial charge in [-0.2, -0.15) is 5.06 Å². The molecule has 1 rings (SSSR count). The summed E-state index contributed by atoms with van der Waals surface area (Å²) >= 11 is 1.55. The molecule has 0 saturated carbocycles. The molecule has 0 bridgehead atoms. The molecule has 10 heavy (non-hydrogen) atoms. The molecule has 0 aromatic carbocycles. The van der Waals surface area contributed by atoms with Crippen LogP contribution in [-0.4, -0.2) is 21.8 Å². The summed E-state index contributed by atoms with van der Waals surface area (Å²) in [4.78, 5) is 4.02. The van der Waals surface area contributed by atoms with E-state index in [1.54, 1.807) is 17.5 Å². The first kappa shape index (κ1) is 7.65. The van der Waals surface area contributed by atoms with Crippen molar-refractivity contribution < 1.29 is 5.21 Å². The molecule has 1 N–H and O–H groups in total. The lowest BCUT2D eigenvalue weighted by atomic mass is 10.6. The molecule has 0 unspecified atom stereocenters. The molecule has 0 atom stereocenters. The third-order valence-corrected chi connectivity index (χ3v) is 1.93. The summed E-state index contributed by atoms with van der Waals surface area (Å²) < 4.78 is 0. The summed E-state index contributed by atoms with van der Waals surface area (Å²) in [5.74, 6) is 0. The van der Waals surface area contributed by atoms with Gasteiger partial charge in [0, 0.05) is 18.1 Å². The van der Waals surface area contributed by atoms with Crippen molar-refractivity contribution in [3.05, 3.63) is 16.6 Å². The number of rotatable bonds is 3. The zero-order valence-corrected chi connectivity index (χ0v) is 6.64. The molecule has 0 fully saturated rings. The van der Waals surface area contributed by atoms with Crippen molar-refractivity contribution in [2.45, 2.75) is 13.5 Å². The van der Waals surface area contributed by atoms with Crippen molar-refractivity contribution in [3.63, 3.8) is 0 Å². The molecule has 0 aliphatic carbocycles. The van der Waals surface area contributed by atoms with Crippen LogP contribution in [0.3, 0.4) is 0 Å². The first-order valence-corrected chi connectivity index (χ1v) is 4.03. The Kier molecular flexibility index (Phi) is 2.80. The number of hydrogen-bond donors (Lipinski definition) is 1. The quantitative estimate of drug-likeness (QED) is 0.675. The molecule has 0 amide bonds. The van der Waals surface area contributed by atoms with Gasteiger partial charge in [-0.15, -0.1) is 11.3 Å². The van der Waals surface area contributed by atoms with E-state index in [2.05, 4.69) is 4.98 Å². The second-order valence-corrected chi connectivity index (χ2v) is 2.89. The zero-order valence-electron chi connectivity index (χ0n) is 5.82. The van der Waals surface area contributed by atoms with Crippen LogP contribution in [0.25, 0.3) is 0 Å². The molecule has 56 valence electrons. The first-order valence-electron chi connectivity index (χ1n) is 3.15. The van der Waals surface area contributed by atoms with Crippen molar-refractivity contribution in [2.24, 2.45) is 0 Å². The summed E-state index contributed by atoms with van der Waals surface area (Å²) in [6, 6.07) is 0. The zero-order chi connectivity index (χ0) is 7.40. The number of thiazole rings is 1. The monoisotopic (exact) mass is 158 g/mol. The van der Waals surface area contributed by atoms with Crippen LogP contribution < -0.4 is 0 Å². The van der Waals surface area contributed by atoms with Crippen molar-refractivity contribution >= 4 is 11.3 Å². The molecule has 1 aromatic heterocycles. The largest absolute Gasteiger partial charge is 0.314 e. The Morgan fingerprint density at radius 1 is 1.80 bits per heavy atom. The van der Waals surface area contributed by atoms with Crippen LogP contribution >= 0.6 is 11.3 Å². The van der Waals surface area contributed by atoms with Crippen LogP contribution in [0.1, 0.15) is 11.9 Å². The van der Waals surface area contributed by atoms with Crippen molar-refractivity contribution in [1.29, 1.82) is 0 Å². The van der Waals surface area contributed by atoms with Crippen LogP contribution in [0.15, 0.2) is 11.6 Å². The summed E-state index contributed by atoms with van der Waals surface area (Å²) in [7, 11) is 0. The van der Waals surface area contributed by atoms with Crippen LogP contribution in [0.2, 0.25) is 0 Å². The number of hydrogen-bond acceptors (Lipinski definition) is 4. The van der Waals surface area contributed by atoms with Crippen LogP contribution in [0.4, 0.5) is 0 Å². The Labute approximate surface area is 63.9 Å². The summed E-state index contributed by atoms with van der Waals surface area (Å²) in [6.45, 7) is 3.07. The van der Waals surface area contributed by atoms with Crippen LogP contribution in [0.5, 0.6) is 0 Å². The fraction of sp³-hybridized carbons (Fsp3) is 0.500. The smallest absolute Gasteiger partial charge is 0.109 e. The minimum Gasteiger partial charge on any atom is -0.314 e. The molecule has 0 spiro atoms. The van der Waals surface area contributed by atoms with Gasteiger partial charge in [-0.3, -0.25) is 0 Å². The van der Waals surface area contributed by atoms with Crippen molar-refractivity contribution in [3.8, 4) is 0 Å². The SMILES string of the molecule is CCN(O)Cc1nccs1. The van der Waals surface area contributed by atoms with Gasteiger partial charge >= 0.3 is 0 Å². The van der Waals surface area contributed by atoms with E-state index in [1.165, 1.54) is 5.06 Å². The Hall–Kier alpha value is -0.450. The Bertz CT molecular complexity index is 176. The van der Waals surface area contributed by atoms with Crippen LogP contribution in [-0.2, 0) is 6.54 Å². The standard InChI is InChI=1S/C6H10N2OS/c1-2-8(9)5-6-7-3-4-10-6/h3-4,9H,2,5H2,1H3. The van der Waals surface area contributed by atoms with Gasteiger partial charge in [-0.05, 0) is 0 Å². The molecule has 1 heterocycles. The second-order valence-electron chi connectivity index (χ2n) is 1.91. The molecule has 0 aliphatic heterocycles. The third-order valence-electron chi connectivity index (χ3n) is 1.17. The molecular formula is C6H10N2OS. The molecule has 4 heteroatoms. The summed E-state index contributed by atoms with van der Waals surface area (Å²) in [5.41, 5.74) is 0. The van der Waals surface area contributed by atoms with E-state index >= 15 is 0 Å². The van der Waals surface area contributed by atoms with Gasteiger partial charge in [0.2, 0.25) is 0 Å². The average Bonchev–Trinajstić information content (AvgIpc) is 2.40. The molecule has 0 aliphatic rings. The molecule has 3 nitrogen and oxygen atoms in total. The number of nitrogens with zero attached hydrogens (tertiary/aromatic N) is 2. The molecular weight excluding hydrogens is 148 g/mol. The highest BCUT2D eigenvalue weighted by Gasteiger charge is 1.99. The van der Waals surface area contributed by atoms with Gasteiger partial charge in [0.25, 0.3) is 0 Å². The van der Waals surface area contributed by atoms with Gasteiger partial charge in [0.15, 0.2) is 0 Å². The minimum atomic E-state index is 0.536. The van der Waals surface area contributed by atoms with Gasteiger partial charge in [-0.1, -0.05) is 6.92 Å². The maximum Gasteiger partial charge on any atom is 0.109 e. The Morgan fingerprint density at radius 2 is 2.60 bits per heavy atom. The Balaban J connectivity index is 2.40. The van der Waals surface area contributed by atoms with Crippen molar-refractivity contribution in [1.82, 2.24) is 10.0 Å². The van der Waals surface area contributed by atoms with E-state index in [0.717, 1.165) is 5.01 Å². The third kappa shape index (κ3) is 2.06. The van der Waals surface area contributed by atoms with Crippen LogP contribution in [0, 0.1) is 0 Å². The van der Waals surface area contributed by atoms with E-state index in [4.69, 9.17) is 5.21 Å². The first-order chi connectivity index (χ1) is 4.83. The maximum absolute atomic E-state index is 9.03. The van der Waals surface area contributed by atoms with E-state index in [-0.39, 0.29) is 0 Å². The van der Waals surface area contributed by atoms with Gasteiger partial charge < -0.3 is 5.21 Å². The van der Waals surface area contributed by atoms with E-state index in [9.17, 15) is 0 Å². The van der Waals surface area contributed by atoms with Gasteiger partial charge in [0.1, 0.15) is 5.01 Å². The summed E-state index contributed by atoms with van der Waals surface area (Å²) in [6.07, 6.45) is 1.74. The summed E-state index contributed by atoms with van der Waals surface area (Å²) in [5, 5.41) is 13.1. The Morgan fingerprint density at radius 3 is 3.10 bits per heavy atom. The molecule has 1 aromatic rings. The number of aromatic nitrogens is 1. The lowest BCUT2D eigenvalue weighted by Crippen LogP contribution is -2.17. The van der Waals surface area contributed by atoms with Gasteiger partial charge in [0.05, 0.1) is 6.54 Å². The molecule has 0 saturated heterocycles. The molecule has 0 radical (unpaired) electrons. The van der Waals surface area contributed by atoms with E-state index in [1.807, 2.05) is 12.3 Å². The number of hydroxylamine groups is 2. The second kappa shape index (κ2) is 3.65.